The molecule has 0 heterocycles. The second-order valence-electron chi connectivity index (χ2n) is 8.51. The van der Waals surface area contributed by atoms with Crippen LogP contribution in [-0.2, 0) is 20.7 Å². The molecule has 31 heavy (non-hydrogen) atoms. The second-order valence-corrected chi connectivity index (χ2v) is 8.51. The molecule has 0 aliphatic carbocycles. The van der Waals surface area contributed by atoms with Crippen LogP contribution in [-0.4, -0.2) is 30.1 Å². The maximum absolute atomic E-state index is 12.3. The van der Waals surface area contributed by atoms with Gasteiger partial charge in [-0.05, 0) is 24.1 Å². The van der Waals surface area contributed by atoms with Crippen LogP contribution in [0.15, 0.2) is 24.3 Å². The van der Waals surface area contributed by atoms with Gasteiger partial charge in [-0.2, -0.15) is 0 Å². The summed E-state index contributed by atoms with van der Waals surface area (Å²) in [5.74, 6) is -0.395. The van der Waals surface area contributed by atoms with E-state index in [2.05, 4.69) is 12.2 Å². The number of nitrogens with one attached hydrogen (secondary N) is 1. The fraction of sp³-hybridized carbons (Fsp3) is 0.692. The van der Waals surface area contributed by atoms with E-state index in [9.17, 15) is 14.7 Å². The molecule has 0 saturated heterocycles. The Hall–Kier alpha value is -2.04. The highest BCUT2D eigenvalue weighted by atomic mass is 16.5. The number of phenols is 1. The van der Waals surface area contributed by atoms with Crippen molar-refractivity contribution in [3.63, 3.8) is 0 Å². The lowest BCUT2D eigenvalue weighted by atomic mass is 10.0. The summed E-state index contributed by atoms with van der Waals surface area (Å²) >= 11 is 0. The van der Waals surface area contributed by atoms with E-state index in [1.807, 2.05) is 0 Å². The van der Waals surface area contributed by atoms with Crippen LogP contribution in [0.3, 0.4) is 0 Å². The molecule has 1 aromatic rings. The summed E-state index contributed by atoms with van der Waals surface area (Å²) < 4.78 is 4.83. The first-order valence-corrected chi connectivity index (χ1v) is 12.2. The Kier molecular flexibility index (Phi) is 15.3. The van der Waals surface area contributed by atoms with Crippen LogP contribution >= 0.6 is 0 Å². The number of carbonyl (C=O) groups is 2. The number of hydrogen-bond donors (Lipinski definition) is 2. The van der Waals surface area contributed by atoms with Gasteiger partial charge in [0.1, 0.15) is 11.8 Å². The van der Waals surface area contributed by atoms with E-state index in [1.165, 1.54) is 71.3 Å². The van der Waals surface area contributed by atoms with Crippen molar-refractivity contribution in [3.05, 3.63) is 29.8 Å². The average Bonchev–Trinajstić information content (AvgIpc) is 2.77. The second kappa shape index (κ2) is 17.6. The Balaban J connectivity index is 2.10. The Labute approximate surface area is 189 Å². The molecule has 0 fully saturated rings. The smallest absolute Gasteiger partial charge is 0.328 e. The zero-order valence-corrected chi connectivity index (χ0v) is 19.7. The van der Waals surface area contributed by atoms with Crippen molar-refractivity contribution in [2.24, 2.45) is 0 Å². The number of hydrogen-bond acceptors (Lipinski definition) is 4. The summed E-state index contributed by atoms with van der Waals surface area (Å²) in [5.41, 5.74) is 0.856. The van der Waals surface area contributed by atoms with Gasteiger partial charge in [-0.15, -0.1) is 0 Å². The van der Waals surface area contributed by atoms with Gasteiger partial charge in [0.05, 0.1) is 7.11 Å². The van der Waals surface area contributed by atoms with Crippen LogP contribution in [0.4, 0.5) is 0 Å². The van der Waals surface area contributed by atoms with Gasteiger partial charge in [0.2, 0.25) is 5.91 Å². The quantitative estimate of drug-likeness (QED) is 0.217. The molecule has 0 radical (unpaired) electrons. The van der Waals surface area contributed by atoms with Gasteiger partial charge in [-0.25, -0.2) is 4.79 Å². The summed E-state index contributed by atoms with van der Waals surface area (Å²) in [6.07, 6.45) is 17.3. The number of aromatic hydroxyl groups is 1. The predicted molar refractivity (Wildman–Crippen MR) is 126 cm³/mol. The number of ether oxygens (including phenoxy) is 1. The minimum absolute atomic E-state index is 0.114. The largest absolute Gasteiger partial charge is 0.508 e. The van der Waals surface area contributed by atoms with E-state index in [-0.39, 0.29) is 11.7 Å². The number of methoxy groups -OCH3 is 1. The van der Waals surface area contributed by atoms with Gasteiger partial charge in [0.25, 0.3) is 0 Å². The van der Waals surface area contributed by atoms with Crippen LogP contribution in [0.2, 0.25) is 0 Å². The van der Waals surface area contributed by atoms with Gasteiger partial charge in [0, 0.05) is 12.8 Å². The maximum Gasteiger partial charge on any atom is 0.328 e. The van der Waals surface area contributed by atoms with Crippen molar-refractivity contribution in [1.29, 1.82) is 0 Å². The third-order valence-corrected chi connectivity index (χ3v) is 5.70. The number of benzene rings is 1. The molecule has 0 unspecified atom stereocenters. The molecule has 0 bridgehead atoms. The normalized spacial score (nSPS) is 11.8. The van der Waals surface area contributed by atoms with E-state index in [1.54, 1.807) is 24.3 Å². The molecular formula is C26H43NO4. The molecule has 1 rings (SSSR count). The van der Waals surface area contributed by atoms with Crippen molar-refractivity contribution in [3.8, 4) is 5.75 Å². The number of carbonyl (C=O) groups excluding carboxylic acids is 2. The minimum Gasteiger partial charge on any atom is -0.508 e. The molecule has 0 aliphatic rings. The molecule has 1 amide bonds. The number of esters is 1. The van der Waals surface area contributed by atoms with Crippen molar-refractivity contribution >= 4 is 11.9 Å². The third-order valence-electron chi connectivity index (χ3n) is 5.70. The lowest BCUT2D eigenvalue weighted by Gasteiger charge is -2.16. The molecular weight excluding hydrogens is 390 g/mol. The van der Waals surface area contributed by atoms with Crippen LogP contribution in [0, 0.1) is 0 Å². The van der Waals surface area contributed by atoms with Gasteiger partial charge >= 0.3 is 5.97 Å². The maximum atomic E-state index is 12.3. The molecule has 0 saturated carbocycles. The third kappa shape index (κ3) is 13.8. The van der Waals surface area contributed by atoms with Crippen LogP contribution in [0.1, 0.15) is 102 Å². The molecule has 5 heteroatoms. The van der Waals surface area contributed by atoms with E-state index in [0.717, 1.165) is 24.8 Å². The van der Waals surface area contributed by atoms with E-state index in [0.29, 0.717) is 12.8 Å². The van der Waals surface area contributed by atoms with Gasteiger partial charge in [0.15, 0.2) is 0 Å². The summed E-state index contributed by atoms with van der Waals surface area (Å²) in [6.45, 7) is 2.26. The summed E-state index contributed by atoms with van der Waals surface area (Å²) in [6, 6.07) is 5.91. The fourth-order valence-electron chi connectivity index (χ4n) is 3.77. The number of amides is 1. The zero-order valence-electron chi connectivity index (χ0n) is 19.7. The highest BCUT2D eigenvalue weighted by Crippen LogP contribution is 2.14. The van der Waals surface area contributed by atoms with Crippen molar-refractivity contribution in [2.45, 2.75) is 109 Å². The van der Waals surface area contributed by atoms with Crippen LogP contribution < -0.4 is 5.32 Å². The fourth-order valence-corrected chi connectivity index (χ4v) is 3.77. The van der Waals surface area contributed by atoms with Gasteiger partial charge < -0.3 is 15.2 Å². The lowest BCUT2D eigenvalue weighted by molar-refractivity contribution is -0.145. The molecule has 176 valence electrons. The molecule has 1 atom stereocenters. The standard InChI is InChI=1S/C26H43NO4/c1-3-4-5-6-7-8-9-10-11-12-13-14-15-16-25(29)27-24(26(30)31-2)21-22-17-19-23(28)20-18-22/h17-20,24,28H,3-16,21H2,1-2H3,(H,27,29)/t24-/m0/s1. The molecule has 5 nitrogen and oxygen atoms in total. The summed E-state index contributed by atoms with van der Waals surface area (Å²) in [5, 5.41) is 12.2. The SMILES string of the molecule is CCCCCCCCCCCCCCCC(=O)N[C@@H](Cc1ccc(O)cc1)C(=O)OC. The highest BCUT2D eigenvalue weighted by molar-refractivity contribution is 5.84. The Morgan fingerprint density at radius 2 is 1.32 bits per heavy atom. The predicted octanol–water partition coefficient (Wildman–Crippen LogP) is 6.07. The molecule has 2 N–H and O–H groups in total. The molecule has 1 aromatic carbocycles. The first-order chi connectivity index (χ1) is 15.1. The van der Waals surface area contributed by atoms with Crippen LogP contribution in [0.25, 0.3) is 0 Å². The Morgan fingerprint density at radius 1 is 0.839 bits per heavy atom. The number of rotatable bonds is 18. The zero-order chi connectivity index (χ0) is 22.7. The minimum atomic E-state index is -0.705. The van der Waals surface area contributed by atoms with Crippen molar-refractivity contribution in [2.75, 3.05) is 7.11 Å². The van der Waals surface area contributed by atoms with E-state index in [4.69, 9.17) is 4.74 Å². The number of unbranched alkanes of at least 4 members (excludes halogenated alkanes) is 12. The Morgan fingerprint density at radius 3 is 1.81 bits per heavy atom. The monoisotopic (exact) mass is 433 g/mol. The topological polar surface area (TPSA) is 75.6 Å². The first-order valence-electron chi connectivity index (χ1n) is 12.2. The van der Waals surface area contributed by atoms with Gasteiger partial charge in [-0.1, -0.05) is 96.1 Å². The van der Waals surface area contributed by atoms with Crippen molar-refractivity contribution < 1.29 is 19.4 Å². The average molecular weight is 434 g/mol. The highest BCUT2D eigenvalue weighted by Gasteiger charge is 2.21. The van der Waals surface area contributed by atoms with E-state index >= 15 is 0 Å². The Bertz CT molecular complexity index is 600. The van der Waals surface area contributed by atoms with Crippen molar-refractivity contribution in [1.82, 2.24) is 5.32 Å². The summed E-state index contributed by atoms with van der Waals surface area (Å²) in [7, 11) is 1.32. The van der Waals surface area contributed by atoms with E-state index < -0.39 is 12.0 Å². The lowest BCUT2D eigenvalue weighted by Crippen LogP contribution is -2.43. The van der Waals surface area contributed by atoms with Crippen LogP contribution in [0.5, 0.6) is 5.75 Å². The molecule has 0 aromatic heterocycles. The molecule has 0 spiro atoms. The molecule has 0 aliphatic heterocycles. The summed E-state index contributed by atoms with van der Waals surface area (Å²) in [4.78, 5) is 24.3. The van der Waals surface area contributed by atoms with Gasteiger partial charge in [-0.3, -0.25) is 4.79 Å². The number of phenolic OH excluding ortho intramolecular Hbond substituents is 1. The first kappa shape index (κ1) is 27.0.